The number of para-hydroxylation sites is 1. The molecule has 0 amide bonds. The number of halogens is 1. The molecular weight excluding hydrogens is 370 g/mol. The molecule has 2 N–H and O–H groups in total. The molecule has 8 heteroatoms. The van der Waals surface area contributed by atoms with E-state index < -0.39 is 16.9 Å². The van der Waals surface area contributed by atoms with Crippen molar-refractivity contribution < 1.29 is 24.7 Å². The first-order valence-corrected chi connectivity index (χ1v) is 7.00. The van der Waals surface area contributed by atoms with Crippen LogP contribution in [-0.2, 0) is 0 Å². The minimum absolute atomic E-state index is 0.00935. The van der Waals surface area contributed by atoms with E-state index in [9.17, 15) is 19.7 Å². The lowest BCUT2D eigenvalue weighted by molar-refractivity contribution is -0.384. The minimum Gasteiger partial charge on any atom is -0.478 e. The van der Waals surface area contributed by atoms with Crippen LogP contribution in [0.3, 0.4) is 0 Å². The highest BCUT2D eigenvalue weighted by Gasteiger charge is 2.18. The molecule has 2 aromatic carbocycles. The van der Waals surface area contributed by atoms with Gasteiger partial charge in [-0.3, -0.25) is 10.1 Å². The number of hydrogen-bond donors (Lipinski definition) is 2. The maximum atomic E-state index is 10.8. The van der Waals surface area contributed by atoms with Gasteiger partial charge in [0.15, 0.2) is 0 Å². The smallest absolute Gasteiger partial charge is 0.337 e. The second kappa shape index (κ2) is 8.04. The van der Waals surface area contributed by atoms with E-state index in [2.05, 4.69) is 15.9 Å². The van der Waals surface area contributed by atoms with Crippen molar-refractivity contribution in [1.29, 1.82) is 0 Å². The monoisotopic (exact) mass is 381 g/mol. The van der Waals surface area contributed by atoms with Gasteiger partial charge in [0.05, 0.1) is 16.1 Å². The molecule has 0 fully saturated rings. The fourth-order valence-corrected chi connectivity index (χ4v) is 2.43. The van der Waals surface area contributed by atoms with Gasteiger partial charge < -0.3 is 10.2 Å². The number of carboxylic acid groups (broad SMARTS) is 2. The van der Waals surface area contributed by atoms with E-state index >= 15 is 0 Å². The van der Waals surface area contributed by atoms with Crippen molar-refractivity contribution in [1.82, 2.24) is 0 Å². The zero-order valence-electron chi connectivity index (χ0n) is 11.9. The zero-order valence-corrected chi connectivity index (χ0v) is 13.5. The van der Waals surface area contributed by atoms with Crippen molar-refractivity contribution >= 4 is 33.6 Å². The average Bonchev–Trinajstić information content (AvgIpc) is 2.48. The van der Waals surface area contributed by atoms with Crippen LogP contribution in [-0.4, -0.2) is 27.1 Å². The Morgan fingerprint density at radius 1 is 1.04 bits per heavy atom. The molecule has 0 aromatic heterocycles. The molecule has 120 valence electrons. The Morgan fingerprint density at radius 3 is 2.00 bits per heavy atom. The van der Waals surface area contributed by atoms with Gasteiger partial charge in [-0.05, 0) is 34.5 Å². The van der Waals surface area contributed by atoms with Crippen molar-refractivity contribution in [2.75, 3.05) is 0 Å². The Balaban J connectivity index is 0.000000253. The summed E-state index contributed by atoms with van der Waals surface area (Å²) in [5, 5.41) is 27.6. The highest BCUT2D eigenvalue weighted by molar-refractivity contribution is 9.10. The Labute approximate surface area is 139 Å². The second-order valence-corrected chi connectivity index (χ2v) is 5.11. The average molecular weight is 382 g/mol. The van der Waals surface area contributed by atoms with Crippen molar-refractivity contribution in [3.8, 4) is 0 Å². The van der Waals surface area contributed by atoms with Crippen LogP contribution < -0.4 is 0 Å². The van der Waals surface area contributed by atoms with Crippen LogP contribution in [0.1, 0.15) is 26.3 Å². The second-order valence-electron chi connectivity index (χ2n) is 4.32. The van der Waals surface area contributed by atoms with Crippen LogP contribution >= 0.6 is 15.9 Å². The summed E-state index contributed by atoms with van der Waals surface area (Å²) in [6.45, 7) is 1.61. The maximum absolute atomic E-state index is 10.8. The van der Waals surface area contributed by atoms with Gasteiger partial charge in [-0.1, -0.05) is 24.3 Å². The summed E-state index contributed by atoms with van der Waals surface area (Å²) in [6, 6.07) is 10.8. The first-order chi connectivity index (χ1) is 10.8. The highest BCUT2D eigenvalue weighted by atomic mass is 79.9. The zero-order chi connectivity index (χ0) is 17.6. The third-order valence-corrected chi connectivity index (χ3v) is 3.59. The van der Waals surface area contributed by atoms with Crippen molar-refractivity contribution in [3.05, 3.63) is 73.7 Å². The Kier molecular flexibility index (Phi) is 6.40. The number of aryl methyl sites for hydroxylation is 1. The van der Waals surface area contributed by atoms with Crippen LogP contribution in [0, 0.1) is 17.0 Å². The van der Waals surface area contributed by atoms with Crippen LogP contribution in [0.2, 0.25) is 0 Å². The number of rotatable bonds is 3. The molecule has 0 heterocycles. The van der Waals surface area contributed by atoms with E-state index in [1.165, 1.54) is 24.3 Å². The number of nitro groups is 1. The first-order valence-electron chi connectivity index (χ1n) is 6.20. The summed E-state index contributed by atoms with van der Waals surface area (Å²) in [6.07, 6.45) is 0. The molecule has 0 aliphatic rings. The first kappa shape index (κ1) is 18.3. The predicted molar refractivity (Wildman–Crippen MR) is 85.9 cm³/mol. The maximum Gasteiger partial charge on any atom is 0.337 e. The standard InChI is InChI=1S/C9H7BrO4.C6H5NO2/c1-4-2-3-5(8(11)12)7(10)6(4)9(13)14;8-7(9)6-4-2-1-3-5-6/h2-3H,1H3,(H,11,12)(H,13,14);1-5H. The van der Waals surface area contributed by atoms with Gasteiger partial charge in [0.1, 0.15) is 0 Å². The van der Waals surface area contributed by atoms with Crippen LogP contribution in [0.15, 0.2) is 46.9 Å². The van der Waals surface area contributed by atoms with Gasteiger partial charge >= 0.3 is 11.9 Å². The predicted octanol–water partition coefficient (Wildman–Crippen LogP) is 3.75. The van der Waals surface area contributed by atoms with E-state index in [4.69, 9.17) is 10.2 Å². The summed E-state index contributed by atoms with van der Waals surface area (Å²) >= 11 is 2.97. The molecular formula is C15H12BrNO6. The molecule has 0 saturated carbocycles. The lowest BCUT2D eigenvalue weighted by atomic mass is 10.1. The molecule has 0 aliphatic carbocycles. The summed E-state index contributed by atoms with van der Waals surface area (Å²) in [5.41, 5.74) is 0.602. The molecule has 7 nitrogen and oxygen atoms in total. The molecule has 2 rings (SSSR count). The van der Waals surface area contributed by atoms with E-state index in [0.29, 0.717) is 5.56 Å². The van der Waals surface area contributed by atoms with E-state index in [0.717, 1.165) is 0 Å². The van der Waals surface area contributed by atoms with Gasteiger partial charge in [0, 0.05) is 16.6 Å². The Hall–Kier alpha value is -2.74. The lowest BCUT2D eigenvalue weighted by Gasteiger charge is -2.06. The third kappa shape index (κ3) is 4.89. The van der Waals surface area contributed by atoms with Gasteiger partial charge in [-0.2, -0.15) is 0 Å². The largest absolute Gasteiger partial charge is 0.478 e. The van der Waals surface area contributed by atoms with Crippen LogP contribution in [0.25, 0.3) is 0 Å². The molecule has 0 unspecified atom stereocenters. The summed E-state index contributed by atoms with van der Waals surface area (Å²) < 4.78 is 0.109. The van der Waals surface area contributed by atoms with Crippen molar-refractivity contribution in [3.63, 3.8) is 0 Å². The van der Waals surface area contributed by atoms with Gasteiger partial charge in [-0.15, -0.1) is 0 Å². The SMILES string of the molecule is Cc1ccc(C(=O)O)c(Br)c1C(=O)O.O=[N+]([O-])c1ccccc1. The number of non-ortho nitro benzene ring substituents is 1. The number of aromatic carboxylic acids is 2. The molecule has 0 spiro atoms. The molecule has 2 aromatic rings. The van der Waals surface area contributed by atoms with Crippen LogP contribution in [0.5, 0.6) is 0 Å². The fraction of sp³-hybridized carbons (Fsp3) is 0.0667. The molecule has 0 aliphatic heterocycles. The van der Waals surface area contributed by atoms with Gasteiger partial charge in [0.25, 0.3) is 5.69 Å². The molecule has 0 atom stereocenters. The normalized spacial score (nSPS) is 9.48. The lowest BCUT2D eigenvalue weighted by Crippen LogP contribution is -2.06. The van der Waals surface area contributed by atoms with E-state index in [1.54, 1.807) is 25.1 Å². The Morgan fingerprint density at radius 2 is 1.61 bits per heavy atom. The van der Waals surface area contributed by atoms with Gasteiger partial charge in [-0.25, -0.2) is 9.59 Å². The number of carboxylic acids is 2. The fourth-order valence-electron chi connectivity index (χ4n) is 1.65. The molecule has 0 saturated heterocycles. The molecule has 0 bridgehead atoms. The number of benzene rings is 2. The van der Waals surface area contributed by atoms with E-state index in [1.807, 2.05) is 0 Å². The number of carbonyl (C=O) groups is 2. The topological polar surface area (TPSA) is 118 Å². The summed E-state index contributed by atoms with van der Waals surface area (Å²) in [7, 11) is 0. The number of hydrogen-bond acceptors (Lipinski definition) is 4. The van der Waals surface area contributed by atoms with E-state index in [-0.39, 0.29) is 21.3 Å². The summed E-state index contributed by atoms with van der Waals surface area (Å²) in [4.78, 5) is 31.1. The van der Waals surface area contributed by atoms with Crippen LogP contribution in [0.4, 0.5) is 5.69 Å². The Bertz CT molecular complexity index is 745. The molecule has 0 radical (unpaired) electrons. The number of nitro benzene ring substituents is 1. The highest BCUT2D eigenvalue weighted by Crippen LogP contribution is 2.25. The van der Waals surface area contributed by atoms with Crippen molar-refractivity contribution in [2.45, 2.75) is 6.92 Å². The minimum atomic E-state index is -1.15. The third-order valence-electron chi connectivity index (χ3n) is 2.76. The van der Waals surface area contributed by atoms with Crippen molar-refractivity contribution in [2.24, 2.45) is 0 Å². The summed E-state index contributed by atoms with van der Waals surface area (Å²) in [5.74, 6) is -2.29. The molecule has 23 heavy (non-hydrogen) atoms. The quantitative estimate of drug-likeness (QED) is 0.617. The van der Waals surface area contributed by atoms with Gasteiger partial charge in [0.2, 0.25) is 0 Å². The number of nitrogens with zero attached hydrogens (tertiary/aromatic N) is 1.